The number of carbonyl (C=O) groups is 1. The summed E-state index contributed by atoms with van der Waals surface area (Å²) < 4.78 is 91.1. The fourth-order valence-electron chi connectivity index (χ4n) is 2.71. The molecule has 0 aliphatic heterocycles. The summed E-state index contributed by atoms with van der Waals surface area (Å²) in [5.74, 6) is -3.04. The minimum atomic E-state index is -4.63. The highest BCUT2D eigenvalue weighted by Crippen LogP contribution is 2.30. The van der Waals surface area contributed by atoms with Gasteiger partial charge in [-0.1, -0.05) is 13.3 Å². The Morgan fingerprint density at radius 2 is 1.79 bits per heavy atom. The lowest BCUT2D eigenvalue weighted by Gasteiger charge is -2.12. The number of pyridine rings is 1. The Balaban J connectivity index is 2.11. The number of rotatable bonds is 10. The summed E-state index contributed by atoms with van der Waals surface area (Å²) >= 11 is 0. The van der Waals surface area contributed by atoms with E-state index in [1.54, 1.807) is 4.72 Å². The van der Waals surface area contributed by atoms with Crippen molar-refractivity contribution < 1.29 is 35.2 Å². The van der Waals surface area contributed by atoms with Crippen molar-refractivity contribution in [3.63, 3.8) is 0 Å². The SMILES string of the molecule is CCCCNc1nc(C(F)(F)F)ccc1C=CC(=O)NCc1cc(F)c(NS(C)(=O)=O)c(F)c1. The molecule has 0 spiro atoms. The molecule has 2 rings (SSSR count). The summed E-state index contributed by atoms with van der Waals surface area (Å²) in [5, 5.41) is 5.20. The van der Waals surface area contributed by atoms with Gasteiger partial charge in [0.2, 0.25) is 15.9 Å². The number of anilines is 2. The number of carbonyl (C=O) groups excluding carboxylic acids is 1. The van der Waals surface area contributed by atoms with Crippen LogP contribution in [0.4, 0.5) is 33.5 Å². The van der Waals surface area contributed by atoms with E-state index >= 15 is 0 Å². The van der Waals surface area contributed by atoms with Crippen molar-refractivity contribution in [3.8, 4) is 0 Å². The molecule has 3 N–H and O–H groups in total. The maximum Gasteiger partial charge on any atom is 0.433 e. The van der Waals surface area contributed by atoms with Crippen LogP contribution < -0.4 is 15.4 Å². The molecule has 0 fully saturated rings. The molecule has 0 saturated heterocycles. The average Bonchev–Trinajstić information content (AvgIpc) is 2.72. The van der Waals surface area contributed by atoms with Gasteiger partial charge in [0.1, 0.15) is 17.2 Å². The van der Waals surface area contributed by atoms with Gasteiger partial charge in [-0.25, -0.2) is 22.2 Å². The molecule has 0 aliphatic rings. The van der Waals surface area contributed by atoms with Crippen molar-refractivity contribution in [1.29, 1.82) is 0 Å². The molecule has 0 unspecified atom stereocenters. The van der Waals surface area contributed by atoms with E-state index in [2.05, 4.69) is 15.6 Å². The zero-order valence-electron chi connectivity index (χ0n) is 18.3. The molecule has 7 nitrogen and oxygen atoms in total. The number of aromatic nitrogens is 1. The Bertz CT molecular complexity index is 1140. The van der Waals surface area contributed by atoms with E-state index in [-0.39, 0.29) is 23.5 Å². The Kier molecular flexibility index (Phi) is 8.96. The van der Waals surface area contributed by atoms with E-state index in [0.717, 1.165) is 37.0 Å². The molecule has 0 bridgehead atoms. The average molecular weight is 506 g/mol. The molecule has 1 amide bonds. The number of alkyl halides is 3. The fraction of sp³-hybridized carbons (Fsp3) is 0.333. The first-order valence-electron chi connectivity index (χ1n) is 10.0. The van der Waals surface area contributed by atoms with Crippen molar-refractivity contribution in [3.05, 3.63) is 58.8 Å². The van der Waals surface area contributed by atoms with Gasteiger partial charge < -0.3 is 10.6 Å². The van der Waals surface area contributed by atoms with E-state index in [0.29, 0.717) is 13.0 Å². The van der Waals surface area contributed by atoms with Crippen LogP contribution in [0.25, 0.3) is 6.08 Å². The number of sulfonamides is 1. The van der Waals surface area contributed by atoms with Gasteiger partial charge in [0.15, 0.2) is 11.6 Å². The minimum Gasteiger partial charge on any atom is -0.370 e. The standard InChI is InChI=1S/C21H23F5N4O3S/c1-3-4-9-27-20-14(5-7-17(29-20)21(24,25)26)6-8-18(31)28-12-13-10-15(22)19(16(23)11-13)30-34(2,32)33/h5-8,10-11,30H,3-4,9,12H2,1-2H3,(H,27,29)(H,28,31). The zero-order valence-corrected chi connectivity index (χ0v) is 19.1. The first-order chi connectivity index (χ1) is 15.8. The second-order valence-electron chi connectivity index (χ2n) is 7.27. The summed E-state index contributed by atoms with van der Waals surface area (Å²) in [6.45, 7) is 2.02. The Morgan fingerprint density at radius 1 is 1.15 bits per heavy atom. The number of benzene rings is 1. The monoisotopic (exact) mass is 506 g/mol. The van der Waals surface area contributed by atoms with Crippen LogP contribution >= 0.6 is 0 Å². The lowest BCUT2D eigenvalue weighted by Crippen LogP contribution is -2.21. The Morgan fingerprint density at radius 3 is 2.35 bits per heavy atom. The lowest BCUT2D eigenvalue weighted by molar-refractivity contribution is -0.141. The van der Waals surface area contributed by atoms with Crippen molar-refractivity contribution in [2.75, 3.05) is 22.8 Å². The number of unbranched alkanes of at least 4 members (excludes halogenated alkanes) is 1. The third-order valence-electron chi connectivity index (χ3n) is 4.31. The highest BCUT2D eigenvalue weighted by Gasteiger charge is 2.32. The van der Waals surface area contributed by atoms with E-state index in [1.165, 1.54) is 12.1 Å². The van der Waals surface area contributed by atoms with Crippen LogP contribution in [0.3, 0.4) is 0 Å². The third kappa shape index (κ3) is 8.28. The highest BCUT2D eigenvalue weighted by atomic mass is 32.2. The van der Waals surface area contributed by atoms with Gasteiger partial charge in [0.25, 0.3) is 0 Å². The molecule has 13 heteroatoms. The summed E-state index contributed by atoms with van der Waals surface area (Å²) in [7, 11) is -3.90. The topological polar surface area (TPSA) is 100 Å². The van der Waals surface area contributed by atoms with Crippen LogP contribution in [0.15, 0.2) is 30.3 Å². The predicted molar refractivity (Wildman–Crippen MR) is 118 cm³/mol. The van der Waals surface area contributed by atoms with Crippen molar-refractivity contribution in [2.24, 2.45) is 0 Å². The molecule has 0 aliphatic carbocycles. The number of hydrogen-bond donors (Lipinski definition) is 3. The van der Waals surface area contributed by atoms with Gasteiger partial charge in [0.05, 0.1) is 6.26 Å². The molecular formula is C21H23F5N4O3S. The molecule has 0 saturated carbocycles. The smallest absolute Gasteiger partial charge is 0.370 e. The number of hydrogen-bond acceptors (Lipinski definition) is 5. The summed E-state index contributed by atoms with van der Waals surface area (Å²) in [6.07, 6.45) is -0.0706. The predicted octanol–water partition coefficient (Wildman–Crippen LogP) is 4.29. The van der Waals surface area contributed by atoms with Gasteiger partial charge in [0, 0.05) is 24.7 Å². The first kappa shape index (κ1) is 27.0. The number of nitrogens with zero attached hydrogens (tertiary/aromatic N) is 1. The Labute approximate surface area is 193 Å². The molecule has 2 aromatic rings. The van der Waals surface area contributed by atoms with E-state index in [1.807, 2.05) is 6.92 Å². The molecule has 1 aromatic carbocycles. The molecular weight excluding hydrogens is 483 g/mol. The highest BCUT2D eigenvalue weighted by molar-refractivity contribution is 7.92. The van der Waals surface area contributed by atoms with Crippen LogP contribution in [0, 0.1) is 11.6 Å². The van der Waals surface area contributed by atoms with Crippen LogP contribution in [0.1, 0.15) is 36.6 Å². The number of nitrogens with one attached hydrogen (secondary N) is 3. The molecule has 186 valence electrons. The zero-order chi connectivity index (χ0) is 25.5. The largest absolute Gasteiger partial charge is 0.433 e. The summed E-state index contributed by atoms with van der Waals surface area (Å²) in [5.41, 5.74) is -1.65. The van der Waals surface area contributed by atoms with Crippen molar-refractivity contribution in [2.45, 2.75) is 32.5 Å². The normalized spacial score (nSPS) is 12.1. The maximum absolute atomic E-state index is 14.0. The van der Waals surface area contributed by atoms with E-state index in [4.69, 9.17) is 0 Å². The number of amides is 1. The van der Waals surface area contributed by atoms with Crippen LogP contribution in [-0.2, 0) is 27.5 Å². The molecule has 34 heavy (non-hydrogen) atoms. The van der Waals surface area contributed by atoms with Gasteiger partial charge in [-0.15, -0.1) is 0 Å². The van der Waals surface area contributed by atoms with Gasteiger partial charge in [-0.05, 0) is 42.3 Å². The Hall–Kier alpha value is -3.22. The fourth-order valence-corrected chi connectivity index (χ4v) is 3.28. The first-order valence-corrected chi connectivity index (χ1v) is 11.9. The minimum absolute atomic E-state index is 0.0221. The van der Waals surface area contributed by atoms with E-state index in [9.17, 15) is 35.2 Å². The summed E-state index contributed by atoms with van der Waals surface area (Å²) in [6, 6.07) is 3.68. The lowest BCUT2D eigenvalue weighted by atomic mass is 10.2. The quantitative estimate of drug-likeness (QED) is 0.254. The van der Waals surface area contributed by atoms with Gasteiger partial charge >= 0.3 is 6.18 Å². The van der Waals surface area contributed by atoms with Crippen molar-refractivity contribution >= 4 is 33.5 Å². The van der Waals surface area contributed by atoms with Crippen LogP contribution in [-0.4, -0.2) is 32.1 Å². The van der Waals surface area contributed by atoms with Gasteiger partial charge in [-0.2, -0.15) is 13.2 Å². The van der Waals surface area contributed by atoms with E-state index < -0.39 is 45.1 Å². The molecule has 0 radical (unpaired) electrons. The second-order valence-corrected chi connectivity index (χ2v) is 9.02. The van der Waals surface area contributed by atoms with Gasteiger partial charge in [-0.3, -0.25) is 9.52 Å². The molecule has 1 aromatic heterocycles. The summed E-state index contributed by atoms with van der Waals surface area (Å²) in [4.78, 5) is 15.7. The number of halogens is 5. The second kappa shape index (κ2) is 11.3. The molecule has 1 heterocycles. The van der Waals surface area contributed by atoms with Crippen LogP contribution in [0.2, 0.25) is 0 Å². The third-order valence-corrected chi connectivity index (χ3v) is 4.88. The van der Waals surface area contributed by atoms with Crippen molar-refractivity contribution in [1.82, 2.24) is 10.3 Å². The maximum atomic E-state index is 14.0. The van der Waals surface area contributed by atoms with Crippen LogP contribution in [0.5, 0.6) is 0 Å². The molecule has 0 atom stereocenters.